The molecule has 3 nitrogen and oxygen atoms in total. The zero-order valence-electron chi connectivity index (χ0n) is 12.5. The Morgan fingerprint density at radius 3 is 3.09 bits per heavy atom. The molecular formula is C18H17BrN2O. The van der Waals surface area contributed by atoms with Gasteiger partial charge >= 0.3 is 0 Å². The van der Waals surface area contributed by atoms with Gasteiger partial charge in [-0.1, -0.05) is 12.0 Å². The van der Waals surface area contributed by atoms with Crippen LogP contribution in [0.4, 0.5) is 0 Å². The van der Waals surface area contributed by atoms with E-state index in [1.807, 2.05) is 17.8 Å². The van der Waals surface area contributed by atoms with Crippen LogP contribution in [0.5, 0.6) is 0 Å². The summed E-state index contributed by atoms with van der Waals surface area (Å²) in [6, 6.07) is 2.25. The highest BCUT2D eigenvalue weighted by molar-refractivity contribution is 9.10. The smallest absolute Gasteiger partial charge is 0.150 e. The van der Waals surface area contributed by atoms with E-state index in [1.165, 1.54) is 17.5 Å². The van der Waals surface area contributed by atoms with Crippen LogP contribution in [0.3, 0.4) is 0 Å². The van der Waals surface area contributed by atoms with Crippen LogP contribution in [0.15, 0.2) is 22.8 Å². The third kappa shape index (κ3) is 2.12. The summed E-state index contributed by atoms with van der Waals surface area (Å²) in [7, 11) is 0. The minimum atomic E-state index is 0.0699. The Hall–Kier alpha value is -1.57. The van der Waals surface area contributed by atoms with Gasteiger partial charge in [0.05, 0.1) is 11.7 Å². The van der Waals surface area contributed by atoms with E-state index in [1.54, 1.807) is 0 Å². The van der Waals surface area contributed by atoms with E-state index < -0.39 is 0 Å². The van der Waals surface area contributed by atoms with Gasteiger partial charge in [0, 0.05) is 27.6 Å². The van der Waals surface area contributed by atoms with Crippen molar-refractivity contribution in [3.05, 3.63) is 33.9 Å². The summed E-state index contributed by atoms with van der Waals surface area (Å²) in [6.07, 6.45) is 8.54. The minimum Gasteiger partial charge on any atom is -0.356 e. The average molecular weight is 357 g/mol. The number of benzene rings is 1. The van der Waals surface area contributed by atoms with Crippen LogP contribution in [0, 0.1) is 11.8 Å². The number of hydrogen-bond donors (Lipinski definition) is 0. The quantitative estimate of drug-likeness (QED) is 0.705. The molecule has 1 aromatic heterocycles. The molecule has 2 aliphatic rings. The van der Waals surface area contributed by atoms with Crippen molar-refractivity contribution in [1.82, 2.24) is 9.78 Å². The van der Waals surface area contributed by atoms with Crippen LogP contribution in [-0.4, -0.2) is 16.4 Å². The predicted molar refractivity (Wildman–Crippen MR) is 91.4 cm³/mol. The number of hydrogen-bond acceptors (Lipinski definition) is 2. The van der Waals surface area contributed by atoms with Gasteiger partial charge in [-0.2, -0.15) is 5.10 Å². The standard InChI is InChI=1S/C18H17BrN2O/c1-2-5-12-7-8-13-10-15-14(18(19)17(12)13)11-20-21(15)16-6-3-4-9-22-16/h7,10-11,16H,3-4,6,8-9H2,1H3. The van der Waals surface area contributed by atoms with Gasteiger partial charge in [0.1, 0.15) is 0 Å². The van der Waals surface area contributed by atoms with Gasteiger partial charge in [0.2, 0.25) is 0 Å². The molecule has 1 saturated heterocycles. The molecule has 22 heavy (non-hydrogen) atoms. The molecule has 0 saturated carbocycles. The van der Waals surface area contributed by atoms with Gasteiger partial charge in [-0.15, -0.1) is 5.92 Å². The molecule has 1 aliphatic carbocycles. The molecule has 4 rings (SSSR count). The summed E-state index contributed by atoms with van der Waals surface area (Å²) in [5.74, 6) is 6.21. The molecule has 1 unspecified atom stereocenters. The molecule has 0 bridgehead atoms. The van der Waals surface area contributed by atoms with Crippen LogP contribution in [0.2, 0.25) is 0 Å². The molecule has 0 spiro atoms. The van der Waals surface area contributed by atoms with E-state index in [2.05, 4.69) is 45.0 Å². The number of nitrogens with zero attached hydrogens (tertiary/aromatic N) is 2. The van der Waals surface area contributed by atoms with Crippen LogP contribution in [0.1, 0.15) is 43.5 Å². The highest BCUT2D eigenvalue weighted by atomic mass is 79.9. The molecule has 0 N–H and O–H groups in total. The fraction of sp³-hybridized carbons (Fsp3) is 0.389. The average Bonchev–Trinajstić information content (AvgIpc) is 3.14. The summed E-state index contributed by atoms with van der Waals surface area (Å²) in [6.45, 7) is 2.71. The molecule has 2 aromatic rings. The molecule has 0 radical (unpaired) electrons. The lowest BCUT2D eigenvalue weighted by molar-refractivity contribution is -0.0366. The molecule has 4 heteroatoms. The fourth-order valence-electron chi connectivity index (χ4n) is 3.36. The highest BCUT2D eigenvalue weighted by Crippen LogP contribution is 2.40. The van der Waals surface area contributed by atoms with E-state index >= 15 is 0 Å². The molecule has 1 atom stereocenters. The van der Waals surface area contributed by atoms with E-state index in [0.717, 1.165) is 46.8 Å². The molecule has 1 aliphatic heterocycles. The second-order valence-corrected chi connectivity index (χ2v) is 6.56. The Bertz CT molecular complexity index is 832. The summed E-state index contributed by atoms with van der Waals surface area (Å²) in [5.41, 5.74) is 4.81. The van der Waals surface area contributed by atoms with E-state index in [9.17, 15) is 0 Å². The lowest BCUT2D eigenvalue weighted by Gasteiger charge is -2.23. The van der Waals surface area contributed by atoms with Crippen molar-refractivity contribution in [2.75, 3.05) is 6.61 Å². The third-order valence-corrected chi connectivity index (χ3v) is 5.23. The second kappa shape index (κ2) is 5.57. The van der Waals surface area contributed by atoms with Crippen molar-refractivity contribution >= 4 is 32.4 Å². The van der Waals surface area contributed by atoms with E-state index in [0.29, 0.717) is 0 Å². The maximum absolute atomic E-state index is 5.90. The first-order chi connectivity index (χ1) is 10.8. The third-order valence-electron chi connectivity index (χ3n) is 4.41. The van der Waals surface area contributed by atoms with Crippen molar-refractivity contribution in [3.8, 4) is 11.8 Å². The topological polar surface area (TPSA) is 27.1 Å². The molecule has 1 fully saturated rings. The number of ether oxygens (including phenoxy) is 1. The first-order valence-electron chi connectivity index (χ1n) is 7.73. The van der Waals surface area contributed by atoms with Crippen molar-refractivity contribution < 1.29 is 4.74 Å². The summed E-state index contributed by atoms with van der Waals surface area (Å²) in [4.78, 5) is 0. The first-order valence-corrected chi connectivity index (χ1v) is 8.52. The van der Waals surface area contributed by atoms with Gasteiger partial charge in [-0.05, 0) is 60.2 Å². The number of rotatable bonds is 1. The van der Waals surface area contributed by atoms with Gasteiger partial charge < -0.3 is 4.74 Å². The molecule has 1 aromatic carbocycles. The molecule has 112 valence electrons. The van der Waals surface area contributed by atoms with Gasteiger partial charge in [0.25, 0.3) is 0 Å². The van der Waals surface area contributed by atoms with Crippen molar-refractivity contribution in [3.63, 3.8) is 0 Å². The second-order valence-electron chi connectivity index (χ2n) is 5.76. The highest BCUT2D eigenvalue weighted by Gasteiger charge is 2.24. The van der Waals surface area contributed by atoms with Crippen molar-refractivity contribution in [2.24, 2.45) is 0 Å². The van der Waals surface area contributed by atoms with Gasteiger partial charge in [-0.3, -0.25) is 0 Å². The summed E-state index contributed by atoms with van der Waals surface area (Å²) >= 11 is 3.78. The summed E-state index contributed by atoms with van der Waals surface area (Å²) < 4.78 is 9.05. The number of halogens is 1. The van der Waals surface area contributed by atoms with Crippen molar-refractivity contribution in [1.29, 1.82) is 0 Å². The lowest BCUT2D eigenvalue weighted by atomic mass is 10.0. The number of allylic oxidation sites excluding steroid dienone is 2. The Labute approximate surface area is 138 Å². The lowest BCUT2D eigenvalue weighted by Crippen LogP contribution is -2.19. The predicted octanol–water partition coefficient (Wildman–Crippen LogP) is 4.46. The van der Waals surface area contributed by atoms with Crippen LogP contribution >= 0.6 is 15.9 Å². The molecule has 2 heterocycles. The monoisotopic (exact) mass is 356 g/mol. The SMILES string of the molecule is CC#CC1=CCc2cc3c(cnn3C3CCCCO3)c(Br)c21. The van der Waals surface area contributed by atoms with E-state index in [4.69, 9.17) is 4.74 Å². The maximum Gasteiger partial charge on any atom is 0.150 e. The Kier molecular flexibility index (Phi) is 3.56. The van der Waals surface area contributed by atoms with Crippen LogP contribution in [0.25, 0.3) is 16.5 Å². The number of fused-ring (bicyclic) bond motifs is 2. The van der Waals surface area contributed by atoms with Crippen molar-refractivity contribution in [2.45, 2.75) is 38.8 Å². The van der Waals surface area contributed by atoms with Gasteiger partial charge in [0.15, 0.2) is 6.23 Å². The van der Waals surface area contributed by atoms with Gasteiger partial charge in [-0.25, -0.2) is 4.68 Å². The Morgan fingerprint density at radius 2 is 2.32 bits per heavy atom. The zero-order chi connectivity index (χ0) is 15.1. The summed E-state index contributed by atoms with van der Waals surface area (Å²) in [5, 5.41) is 5.74. The zero-order valence-corrected chi connectivity index (χ0v) is 14.1. The first kappa shape index (κ1) is 14.0. The van der Waals surface area contributed by atoms with E-state index in [-0.39, 0.29) is 6.23 Å². The normalized spacial score (nSPS) is 20.5. The minimum absolute atomic E-state index is 0.0699. The maximum atomic E-state index is 5.90. The Morgan fingerprint density at radius 1 is 1.41 bits per heavy atom. The molecular weight excluding hydrogens is 340 g/mol. The Balaban J connectivity index is 1.85. The van der Waals surface area contributed by atoms with Crippen LogP contribution < -0.4 is 0 Å². The fourth-order valence-corrected chi connectivity index (χ4v) is 4.13. The van der Waals surface area contributed by atoms with Crippen LogP contribution in [-0.2, 0) is 11.2 Å². The molecule has 0 amide bonds. The number of aromatic nitrogens is 2. The largest absolute Gasteiger partial charge is 0.356 e.